The Labute approximate surface area is 215 Å². The molecule has 0 fully saturated rings. The van der Waals surface area contributed by atoms with Crippen LogP contribution >= 0.6 is 11.6 Å². The summed E-state index contributed by atoms with van der Waals surface area (Å²) in [6, 6.07) is 25.6. The van der Waals surface area contributed by atoms with E-state index in [-0.39, 0.29) is 5.92 Å². The highest BCUT2D eigenvalue weighted by atomic mass is 35.5. The number of rotatable bonds is 9. The first-order chi connectivity index (χ1) is 17.2. The Hall–Kier alpha value is -2.91. The molecule has 3 aromatic carbocycles. The monoisotopic (exact) mass is 482 g/mol. The molecule has 0 aliphatic heterocycles. The Kier molecular flexibility index (Phi) is 9.14. The SMILES string of the molecule is C1=CC2=CC=C1C2.CCNCc1ccccc1C(c1ccccc1Cl)c1ccccc1CNCC. The van der Waals surface area contributed by atoms with Crippen molar-refractivity contribution in [2.75, 3.05) is 13.1 Å². The molecular weight excluding hydrogens is 448 g/mol. The van der Waals surface area contributed by atoms with Gasteiger partial charge in [-0.05, 0) is 64.5 Å². The number of hydrogen-bond acceptors (Lipinski definition) is 2. The van der Waals surface area contributed by atoms with E-state index in [0.29, 0.717) is 0 Å². The normalized spacial score (nSPS) is 13.5. The van der Waals surface area contributed by atoms with Gasteiger partial charge in [-0.15, -0.1) is 0 Å². The molecule has 0 saturated heterocycles. The molecule has 0 spiro atoms. The summed E-state index contributed by atoms with van der Waals surface area (Å²) in [6.45, 7) is 7.87. The van der Waals surface area contributed by atoms with Crippen LogP contribution in [0.4, 0.5) is 0 Å². The molecule has 2 bridgehead atoms. The molecule has 35 heavy (non-hydrogen) atoms. The van der Waals surface area contributed by atoms with Crippen LogP contribution in [0.3, 0.4) is 0 Å². The second-order valence-electron chi connectivity index (χ2n) is 8.91. The first-order valence-corrected chi connectivity index (χ1v) is 13.0. The summed E-state index contributed by atoms with van der Waals surface area (Å²) in [5.74, 6) is 0.0958. The van der Waals surface area contributed by atoms with Crippen LogP contribution in [0.1, 0.15) is 54.0 Å². The standard InChI is InChI=1S/C25H29ClN2.C7H6/c1-3-27-17-19-11-5-7-13-21(19)25(23-15-9-10-16-24(23)26)22-14-8-6-12-20(22)18-28-4-2;1-2-7-4-3-6(1)5-7/h5-16,25,27-28H,3-4,17-18H2,1-2H3;1-4H,5H2. The minimum absolute atomic E-state index is 0.0958. The zero-order valence-corrected chi connectivity index (χ0v) is 21.5. The lowest BCUT2D eigenvalue weighted by atomic mass is 9.80. The molecule has 0 saturated carbocycles. The summed E-state index contributed by atoms with van der Waals surface area (Å²) in [7, 11) is 0. The van der Waals surface area contributed by atoms with Crippen molar-refractivity contribution >= 4 is 11.6 Å². The third kappa shape index (κ3) is 6.41. The van der Waals surface area contributed by atoms with Crippen molar-refractivity contribution in [3.8, 4) is 0 Å². The lowest BCUT2D eigenvalue weighted by molar-refractivity contribution is 0.707. The second kappa shape index (κ2) is 12.7. The first kappa shape index (κ1) is 25.2. The molecule has 2 aliphatic carbocycles. The third-order valence-corrected chi connectivity index (χ3v) is 6.85. The van der Waals surface area contributed by atoms with E-state index in [4.69, 9.17) is 11.6 Å². The summed E-state index contributed by atoms with van der Waals surface area (Å²) >= 11 is 6.70. The van der Waals surface area contributed by atoms with E-state index in [1.54, 1.807) is 0 Å². The van der Waals surface area contributed by atoms with Crippen molar-refractivity contribution in [2.45, 2.75) is 39.3 Å². The van der Waals surface area contributed by atoms with Crippen molar-refractivity contribution < 1.29 is 0 Å². The summed E-state index contributed by atoms with van der Waals surface area (Å²) in [6.07, 6.45) is 9.90. The molecular formula is C32H35ClN2. The van der Waals surface area contributed by atoms with Gasteiger partial charge in [-0.3, -0.25) is 0 Å². The Morgan fingerprint density at radius 1 is 0.657 bits per heavy atom. The Bertz CT molecular complexity index is 1150. The molecule has 0 radical (unpaired) electrons. The van der Waals surface area contributed by atoms with Gasteiger partial charge in [0.25, 0.3) is 0 Å². The molecule has 3 aromatic rings. The lowest BCUT2D eigenvalue weighted by Gasteiger charge is -2.25. The minimum Gasteiger partial charge on any atom is -0.313 e. The zero-order valence-electron chi connectivity index (χ0n) is 20.7. The third-order valence-electron chi connectivity index (χ3n) is 6.51. The van der Waals surface area contributed by atoms with E-state index >= 15 is 0 Å². The van der Waals surface area contributed by atoms with Gasteiger partial charge >= 0.3 is 0 Å². The predicted molar refractivity (Wildman–Crippen MR) is 150 cm³/mol. The summed E-state index contributed by atoms with van der Waals surface area (Å²) in [5, 5.41) is 7.77. The van der Waals surface area contributed by atoms with Crippen molar-refractivity contribution in [2.24, 2.45) is 0 Å². The Morgan fingerprint density at radius 2 is 1.11 bits per heavy atom. The summed E-state index contributed by atoms with van der Waals surface area (Å²) in [5.41, 5.74) is 9.32. The largest absolute Gasteiger partial charge is 0.313 e. The fourth-order valence-electron chi connectivity index (χ4n) is 4.70. The van der Waals surface area contributed by atoms with Crippen LogP contribution in [0, 0.1) is 0 Å². The molecule has 0 unspecified atom stereocenters. The fraction of sp³-hybridized carbons (Fsp3) is 0.250. The second-order valence-corrected chi connectivity index (χ2v) is 9.31. The topological polar surface area (TPSA) is 24.1 Å². The van der Waals surface area contributed by atoms with E-state index in [0.717, 1.165) is 36.8 Å². The van der Waals surface area contributed by atoms with Gasteiger partial charge in [0.15, 0.2) is 0 Å². The Morgan fingerprint density at radius 3 is 1.51 bits per heavy atom. The number of halogens is 1. The van der Waals surface area contributed by atoms with Crippen molar-refractivity contribution in [1.82, 2.24) is 10.6 Å². The maximum absolute atomic E-state index is 6.70. The molecule has 0 aromatic heterocycles. The van der Waals surface area contributed by atoms with Crippen LogP contribution in [0.5, 0.6) is 0 Å². The molecule has 0 atom stereocenters. The average Bonchev–Trinajstić information content (AvgIpc) is 3.56. The predicted octanol–water partition coefficient (Wildman–Crippen LogP) is 7.55. The van der Waals surface area contributed by atoms with Crippen molar-refractivity contribution in [1.29, 1.82) is 0 Å². The lowest BCUT2D eigenvalue weighted by Crippen LogP contribution is -2.18. The van der Waals surface area contributed by atoms with Crippen LogP contribution in [0.25, 0.3) is 0 Å². The molecule has 2 aliphatic rings. The molecule has 2 N–H and O–H groups in total. The maximum atomic E-state index is 6.70. The maximum Gasteiger partial charge on any atom is 0.0447 e. The first-order valence-electron chi connectivity index (χ1n) is 12.6. The van der Waals surface area contributed by atoms with Gasteiger partial charge in [0.05, 0.1) is 0 Å². The van der Waals surface area contributed by atoms with Crippen LogP contribution in [-0.4, -0.2) is 13.1 Å². The van der Waals surface area contributed by atoms with Gasteiger partial charge in [-0.1, -0.05) is 116 Å². The highest BCUT2D eigenvalue weighted by Crippen LogP contribution is 2.39. The molecule has 2 nitrogen and oxygen atoms in total. The van der Waals surface area contributed by atoms with Gasteiger partial charge in [0, 0.05) is 24.0 Å². The average molecular weight is 483 g/mol. The quantitative estimate of drug-likeness (QED) is 0.307. The van der Waals surface area contributed by atoms with Gasteiger partial charge < -0.3 is 10.6 Å². The number of nitrogens with one attached hydrogen (secondary N) is 2. The minimum atomic E-state index is 0.0958. The van der Waals surface area contributed by atoms with Crippen LogP contribution in [0.2, 0.25) is 5.02 Å². The zero-order chi connectivity index (χ0) is 24.5. The smallest absolute Gasteiger partial charge is 0.0447 e. The Balaban J connectivity index is 0.000000347. The van der Waals surface area contributed by atoms with Gasteiger partial charge in [-0.25, -0.2) is 0 Å². The van der Waals surface area contributed by atoms with Gasteiger partial charge in [0.2, 0.25) is 0 Å². The molecule has 3 heteroatoms. The number of hydrogen-bond donors (Lipinski definition) is 2. The van der Waals surface area contributed by atoms with Gasteiger partial charge in [0.1, 0.15) is 0 Å². The summed E-state index contributed by atoms with van der Waals surface area (Å²) in [4.78, 5) is 0. The summed E-state index contributed by atoms with van der Waals surface area (Å²) < 4.78 is 0. The number of fused-ring (bicyclic) bond motifs is 2. The van der Waals surface area contributed by atoms with Crippen molar-refractivity contribution in [3.63, 3.8) is 0 Å². The number of allylic oxidation sites excluding steroid dienone is 6. The van der Waals surface area contributed by atoms with E-state index in [1.165, 1.54) is 39.8 Å². The van der Waals surface area contributed by atoms with Crippen LogP contribution in [-0.2, 0) is 13.1 Å². The fourth-order valence-corrected chi connectivity index (χ4v) is 4.94. The number of benzene rings is 3. The van der Waals surface area contributed by atoms with E-state index < -0.39 is 0 Å². The van der Waals surface area contributed by atoms with E-state index in [9.17, 15) is 0 Å². The van der Waals surface area contributed by atoms with Crippen LogP contribution < -0.4 is 10.6 Å². The van der Waals surface area contributed by atoms with Gasteiger partial charge in [-0.2, -0.15) is 0 Å². The van der Waals surface area contributed by atoms with E-state index in [2.05, 4.69) is 109 Å². The molecule has 5 rings (SSSR count). The highest BCUT2D eigenvalue weighted by Gasteiger charge is 2.23. The molecule has 180 valence electrons. The van der Waals surface area contributed by atoms with E-state index in [1.807, 2.05) is 12.1 Å². The van der Waals surface area contributed by atoms with Crippen LogP contribution in [0.15, 0.2) is 108 Å². The molecule has 0 heterocycles. The van der Waals surface area contributed by atoms with Crippen molar-refractivity contribution in [3.05, 3.63) is 141 Å². The molecule has 0 amide bonds. The highest BCUT2D eigenvalue weighted by molar-refractivity contribution is 6.31.